The quantitative estimate of drug-likeness (QED) is 0.430. The number of hydrogen-bond donors (Lipinski definition) is 1. The molecule has 3 rings (SSSR count). The van der Waals surface area contributed by atoms with Crippen LogP contribution in [0.1, 0.15) is 55.2 Å². The molecule has 1 atom stereocenters. The highest BCUT2D eigenvalue weighted by molar-refractivity contribution is 5.96. The average Bonchev–Trinajstić information content (AvgIpc) is 2.79. The van der Waals surface area contributed by atoms with Crippen molar-refractivity contribution in [1.82, 2.24) is 4.90 Å². The molecule has 0 heterocycles. The molecule has 4 heteroatoms. The number of carbonyl (C=O) groups excluding carboxylic acids is 1. The van der Waals surface area contributed by atoms with Crippen molar-refractivity contribution in [2.75, 3.05) is 12.4 Å². The molecule has 0 aromatic heterocycles. The normalized spacial score (nSPS) is 12.0. The van der Waals surface area contributed by atoms with Crippen molar-refractivity contribution in [1.29, 1.82) is 0 Å². The molecule has 3 aromatic carbocycles. The molecule has 3 aromatic rings. The fourth-order valence-electron chi connectivity index (χ4n) is 4.16. The molecule has 0 spiro atoms. The number of methoxy groups -OCH3 is 1. The van der Waals surface area contributed by atoms with Crippen molar-refractivity contribution in [3.63, 3.8) is 0 Å². The number of anilines is 1. The van der Waals surface area contributed by atoms with Crippen molar-refractivity contribution < 1.29 is 9.53 Å². The molecule has 0 aliphatic heterocycles. The monoisotopic (exact) mass is 430 g/mol. The zero-order chi connectivity index (χ0) is 23.1. The van der Waals surface area contributed by atoms with Crippen LogP contribution in [-0.2, 0) is 6.42 Å². The third-order valence-corrected chi connectivity index (χ3v) is 5.65. The highest BCUT2D eigenvalue weighted by atomic mass is 16.5. The van der Waals surface area contributed by atoms with Gasteiger partial charge in [-0.05, 0) is 75.6 Å². The summed E-state index contributed by atoms with van der Waals surface area (Å²) < 4.78 is 5.29. The number of carbonyl (C=O) groups is 1. The summed E-state index contributed by atoms with van der Waals surface area (Å²) in [5, 5.41) is 3.66. The standard InChI is InChI=1S/C28H34N2O2/c1-20(2)30(21(3)4)28(31)26-14-10-9-13-23(26)19-27(22-11-7-6-8-12-22)29-24-15-17-25(32-5)18-16-24/h6-18,20-21,27,29H,19H2,1-5H3/t27-/m0/s1. The Balaban J connectivity index is 1.93. The number of nitrogens with zero attached hydrogens (tertiary/aromatic N) is 1. The van der Waals surface area contributed by atoms with Crippen LogP contribution in [0.3, 0.4) is 0 Å². The van der Waals surface area contributed by atoms with Gasteiger partial charge in [-0.3, -0.25) is 4.79 Å². The van der Waals surface area contributed by atoms with Crippen molar-refractivity contribution >= 4 is 11.6 Å². The second kappa shape index (κ2) is 10.9. The van der Waals surface area contributed by atoms with Crippen molar-refractivity contribution in [2.45, 2.75) is 52.2 Å². The average molecular weight is 431 g/mol. The molecule has 4 nitrogen and oxygen atoms in total. The number of amides is 1. The first-order chi connectivity index (χ1) is 15.4. The first-order valence-corrected chi connectivity index (χ1v) is 11.3. The summed E-state index contributed by atoms with van der Waals surface area (Å²) in [6.45, 7) is 8.27. The Morgan fingerprint density at radius 1 is 0.844 bits per heavy atom. The van der Waals surface area contributed by atoms with E-state index in [-0.39, 0.29) is 24.0 Å². The highest BCUT2D eigenvalue weighted by Gasteiger charge is 2.24. The van der Waals surface area contributed by atoms with Gasteiger partial charge in [-0.15, -0.1) is 0 Å². The Hall–Kier alpha value is -3.27. The zero-order valence-corrected chi connectivity index (χ0v) is 19.7. The van der Waals surface area contributed by atoms with Crippen LogP contribution in [0, 0.1) is 0 Å². The van der Waals surface area contributed by atoms with Crippen LogP contribution in [0.25, 0.3) is 0 Å². The predicted octanol–water partition coefficient (Wildman–Crippen LogP) is 6.35. The molecule has 0 saturated carbocycles. The summed E-state index contributed by atoms with van der Waals surface area (Å²) in [6.07, 6.45) is 0.696. The molecule has 168 valence electrons. The van der Waals surface area contributed by atoms with Gasteiger partial charge in [-0.1, -0.05) is 48.5 Å². The molecule has 1 amide bonds. The maximum absolute atomic E-state index is 13.5. The van der Waals surface area contributed by atoms with Crippen LogP contribution in [-0.4, -0.2) is 30.0 Å². The largest absolute Gasteiger partial charge is 0.497 e. The highest BCUT2D eigenvalue weighted by Crippen LogP contribution is 2.27. The van der Waals surface area contributed by atoms with Crippen LogP contribution in [0.2, 0.25) is 0 Å². The van der Waals surface area contributed by atoms with Crippen LogP contribution in [0.15, 0.2) is 78.9 Å². The van der Waals surface area contributed by atoms with Gasteiger partial charge in [-0.2, -0.15) is 0 Å². The minimum Gasteiger partial charge on any atom is -0.497 e. The summed E-state index contributed by atoms with van der Waals surface area (Å²) in [5.41, 5.74) is 4.00. The van der Waals surface area contributed by atoms with E-state index in [1.54, 1.807) is 7.11 Å². The number of hydrogen-bond acceptors (Lipinski definition) is 3. The Morgan fingerprint density at radius 2 is 1.44 bits per heavy atom. The van der Waals surface area contributed by atoms with E-state index in [1.807, 2.05) is 65.6 Å². The minimum atomic E-state index is 0.0186. The zero-order valence-electron chi connectivity index (χ0n) is 19.7. The summed E-state index contributed by atoms with van der Waals surface area (Å²) in [5.74, 6) is 0.909. The SMILES string of the molecule is COc1ccc(N[C@@H](Cc2ccccc2C(=O)N(C(C)C)C(C)C)c2ccccc2)cc1. The molecule has 0 saturated heterocycles. The molecule has 0 bridgehead atoms. The number of benzene rings is 3. The van der Waals surface area contributed by atoms with E-state index in [2.05, 4.69) is 51.2 Å². The topological polar surface area (TPSA) is 41.6 Å². The number of ether oxygens (including phenoxy) is 1. The summed E-state index contributed by atoms with van der Waals surface area (Å²) in [6, 6.07) is 26.6. The van der Waals surface area contributed by atoms with Gasteiger partial charge >= 0.3 is 0 Å². The molecule has 1 N–H and O–H groups in total. The molecule has 0 radical (unpaired) electrons. The molecule has 32 heavy (non-hydrogen) atoms. The third kappa shape index (κ3) is 5.70. The van der Waals surface area contributed by atoms with Gasteiger partial charge in [0.25, 0.3) is 5.91 Å². The fourth-order valence-corrected chi connectivity index (χ4v) is 4.16. The lowest BCUT2D eigenvalue weighted by Gasteiger charge is -2.32. The fraction of sp³-hybridized carbons (Fsp3) is 0.321. The summed E-state index contributed by atoms with van der Waals surface area (Å²) >= 11 is 0. The van der Waals surface area contributed by atoms with Crippen LogP contribution in [0.4, 0.5) is 5.69 Å². The third-order valence-electron chi connectivity index (χ3n) is 5.65. The van der Waals surface area contributed by atoms with Crippen molar-refractivity contribution in [3.8, 4) is 5.75 Å². The van der Waals surface area contributed by atoms with Gasteiger partial charge in [-0.25, -0.2) is 0 Å². The van der Waals surface area contributed by atoms with E-state index >= 15 is 0 Å². The van der Waals surface area contributed by atoms with E-state index in [0.717, 1.165) is 22.6 Å². The Labute approximate surface area is 192 Å². The van der Waals surface area contributed by atoms with E-state index < -0.39 is 0 Å². The minimum absolute atomic E-state index is 0.0186. The second-order valence-electron chi connectivity index (χ2n) is 8.60. The smallest absolute Gasteiger partial charge is 0.254 e. The molecule has 0 aliphatic rings. The van der Waals surface area contributed by atoms with E-state index in [1.165, 1.54) is 5.56 Å². The van der Waals surface area contributed by atoms with Gasteiger partial charge in [0.15, 0.2) is 0 Å². The number of nitrogens with one attached hydrogen (secondary N) is 1. The maximum Gasteiger partial charge on any atom is 0.254 e. The van der Waals surface area contributed by atoms with Gasteiger partial charge in [0.2, 0.25) is 0 Å². The van der Waals surface area contributed by atoms with E-state index in [4.69, 9.17) is 4.74 Å². The molecular weight excluding hydrogens is 396 g/mol. The molecule has 0 unspecified atom stereocenters. The second-order valence-corrected chi connectivity index (χ2v) is 8.60. The van der Waals surface area contributed by atoms with Crippen LogP contribution >= 0.6 is 0 Å². The Morgan fingerprint density at radius 3 is 2.03 bits per heavy atom. The molecule has 0 aliphatic carbocycles. The van der Waals surface area contributed by atoms with Gasteiger partial charge < -0.3 is 15.0 Å². The lowest BCUT2D eigenvalue weighted by atomic mass is 9.94. The van der Waals surface area contributed by atoms with Crippen LogP contribution < -0.4 is 10.1 Å². The number of rotatable bonds is 9. The predicted molar refractivity (Wildman–Crippen MR) is 132 cm³/mol. The van der Waals surface area contributed by atoms with Gasteiger partial charge in [0.1, 0.15) is 5.75 Å². The first-order valence-electron chi connectivity index (χ1n) is 11.3. The van der Waals surface area contributed by atoms with E-state index in [0.29, 0.717) is 6.42 Å². The maximum atomic E-state index is 13.5. The van der Waals surface area contributed by atoms with Gasteiger partial charge in [0, 0.05) is 23.3 Å². The summed E-state index contributed by atoms with van der Waals surface area (Å²) in [4.78, 5) is 15.4. The Bertz CT molecular complexity index is 989. The molecule has 0 fully saturated rings. The summed E-state index contributed by atoms with van der Waals surface area (Å²) in [7, 11) is 1.67. The Kier molecular flexibility index (Phi) is 7.93. The lowest BCUT2D eigenvalue weighted by molar-refractivity contribution is 0.0642. The molecular formula is C28H34N2O2. The van der Waals surface area contributed by atoms with E-state index in [9.17, 15) is 4.79 Å². The lowest BCUT2D eigenvalue weighted by Crippen LogP contribution is -2.42. The van der Waals surface area contributed by atoms with Crippen LogP contribution in [0.5, 0.6) is 5.75 Å². The van der Waals surface area contributed by atoms with Crippen molar-refractivity contribution in [2.24, 2.45) is 0 Å². The van der Waals surface area contributed by atoms with Gasteiger partial charge in [0.05, 0.1) is 13.2 Å². The first kappa shape index (κ1) is 23.4. The van der Waals surface area contributed by atoms with Crippen molar-refractivity contribution in [3.05, 3.63) is 95.6 Å².